The molecule has 21 heavy (non-hydrogen) atoms. The molecule has 0 unspecified atom stereocenters. The molecule has 5 nitrogen and oxygen atoms in total. The van der Waals surface area contributed by atoms with E-state index in [-0.39, 0.29) is 5.91 Å². The minimum absolute atomic E-state index is 0.0220. The molecule has 0 bridgehead atoms. The van der Waals surface area contributed by atoms with Gasteiger partial charge in [0.25, 0.3) is 0 Å². The van der Waals surface area contributed by atoms with Crippen molar-refractivity contribution in [3.05, 3.63) is 28.0 Å². The highest BCUT2D eigenvalue weighted by molar-refractivity contribution is 7.12. The van der Waals surface area contributed by atoms with Crippen molar-refractivity contribution in [2.24, 2.45) is 5.92 Å². The Morgan fingerprint density at radius 2 is 2.14 bits per heavy atom. The van der Waals surface area contributed by atoms with Crippen molar-refractivity contribution in [2.75, 3.05) is 20.1 Å². The van der Waals surface area contributed by atoms with E-state index in [0.29, 0.717) is 25.6 Å². The Balaban J connectivity index is 2.42. The van der Waals surface area contributed by atoms with E-state index in [2.05, 4.69) is 19.2 Å². The monoisotopic (exact) mass is 310 g/mol. The molecule has 1 rings (SSSR count). The molecular weight excluding hydrogens is 288 g/mol. The highest BCUT2D eigenvalue weighted by Gasteiger charge is 2.08. The molecule has 0 saturated heterocycles. The Kier molecular flexibility index (Phi) is 7.11. The lowest BCUT2D eigenvalue weighted by Gasteiger charge is -2.15. The van der Waals surface area contributed by atoms with Crippen LogP contribution in [0.2, 0.25) is 0 Å². The van der Waals surface area contributed by atoms with Crippen LogP contribution in [0.25, 0.3) is 6.08 Å². The molecule has 0 aromatic carbocycles. The molecule has 0 spiro atoms. The number of nitrogens with one attached hydrogen (secondary N) is 1. The Morgan fingerprint density at radius 3 is 2.76 bits per heavy atom. The highest BCUT2D eigenvalue weighted by Crippen LogP contribution is 2.19. The molecule has 0 radical (unpaired) electrons. The molecule has 0 saturated carbocycles. The Hall–Kier alpha value is -1.66. The normalized spacial score (nSPS) is 11.5. The fourth-order valence-electron chi connectivity index (χ4n) is 1.66. The topological polar surface area (TPSA) is 69.6 Å². The molecule has 0 atom stereocenters. The van der Waals surface area contributed by atoms with Crippen LogP contribution in [0.3, 0.4) is 0 Å². The number of carboxylic acid groups (broad SMARTS) is 1. The SMILES string of the molecule is CC(C)CNC(=O)CN(C)Cc1ccc(/C=C/C(=O)O)s1. The Bertz CT molecular complexity index is 509. The number of amides is 1. The van der Waals surface area contributed by atoms with Crippen LogP contribution >= 0.6 is 11.3 Å². The molecule has 0 aliphatic heterocycles. The van der Waals surface area contributed by atoms with Gasteiger partial charge in [-0.05, 0) is 31.2 Å². The summed E-state index contributed by atoms with van der Waals surface area (Å²) in [4.78, 5) is 26.1. The van der Waals surface area contributed by atoms with Crippen molar-refractivity contribution in [1.82, 2.24) is 10.2 Å². The number of likely N-dealkylation sites (N-methyl/N-ethyl adjacent to an activating group) is 1. The van der Waals surface area contributed by atoms with Crippen molar-refractivity contribution >= 4 is 29.3 Å². The van der Waals surface area contributed by atoms with Gasteiger partial charge in [-0.3, -0.25) is 9.69 Å². The lowest BCUT2D eigenvalue weighted by molar-refractivity contribution is -0.131. The summed E-state index contributed by atoms with van der Waals surface area (Å²) in [5, 5.41) is 11.5. The fraction of sp³-hybridized carbons (Fsp3) is 0.467. The van der Waals surface area contributed by atoms with Crippen LogP contribution in [-0.4, -0.2) is 42.0 Å². The van der Waals surface area contributed by atoms with Gasteiger partial charge in [-0.2, -0.15) is 0 Å². The van der Waals surface area contributed by atoms with Crippen molar-refractivity contribution in [3.63, 3.8) is 0 Å². The number of carbonyl (C=O) groups is 2. The zero-order valence-electron chi connectivity index (χ0n) is 12.6. The molecule has 0 aliphatic rings. The van der Waals surface area contributed by atoms with E-state index in [9.17, 15) is 9.59 Å². The first-order valence-electron chi connectivity index (χ1n) is 6.81. The van der Waals surface area contributed by atoms with E-state index in [4.69, 9.17) is 5.11 Å². The van der Waals surface area contributed by atoms with E-state index in [1.165, 1.54) is 11.3 Å². The number of hydrogen-bond donors (Lipinski definition) is 2. The summed E-state index contributed by atoms with van der Waals surface area (Å²) in [6, 6.07) is 3.83. The minimum Gasteiger partial charge on any atom is -0.478 e. The molecule has 2 N–H and O–H groups in total. The van der Waals surface area contributed by atoms with Gasteiger partial charge in [-0.25, -0.2) is 4.79 Å². The summed E-state index contributed by atoms with van der Waals surface area (Å²) < 4.78 is 0. The van der Waals surface area contributed by atoms with Crippen molar-refractivity contribution < 1.29 is 14.7 Å². The van der Waals surface area contributed by atoms with Gasteiger partial charge >= 0.3 is 5.97 Å². The third-order valence-corrected chi connectivity index (χ3v) is 3.65. The van der Waals surface area contributed by atoms with Gasteiger partial charge in [-0.1, -0.05) is 13.8 Å². The van der Waals surface area contributed by atoms with Crippen LogP contribution in [0.15, 0.2) is 18.2 Å². The fourth-order valence-corrected chi connectivity index (χ4v) is 2.66. The number of thiophene rings is 1. The number of rotatable bonds is 8. The van der Waals surface area contributed by atoms with Crippen LogP contribution in [0.1, 0.15) is 23.6 Å². The number of carboxylic acids is 1. The second-order valence-electron chi connectivity index (χ2n) is 5.35. The first kappa shape index (κ1) is 17.4. The van der Waals surface area contributed by atoms with E-state index >= 15 is 0 Å². The molecule has 0 fully saturated rings. The molecule has 1 heterocycles. The van der Waals surface area contributed by atoms with Crippen LogP contribution in [-0.2, 0) is 16.1 Å². The van der Waals surface area contributed by atoms with Crippen LogP contribution in [0.4, 0.5) is 0 Å². The van der Waals surface area contributed by atoms with Crippen LogP contribution in [0, 0.1) is 5.92 Å². The summed E-state index contributed by atoms with van der Waals surface area (Å²) in [5.74, 6) is -0.488. The van der Waals surface area contributed by atoms with E-state index in [0.717, 1.165) is 15.8 Å². The summed E-state index contributed by atoms with van der Waals surface area (Å²) >= 11 is 1.53. The lowest BCUT2D eigenvalue weighted by Crippen LogP contribution is -2.36. The first-order valence-corrected chi connectivity index (χ1v) is 7.63. The second kappa shape index (κ2) is 8.59. The maximum Gasteiger partial charge on any atom is 0.328 e. The van der Waals surface area contributed by atoms with E-state index in [1.54, 1.807) is 6.08 Å². The summed E-state index contributed by atoms with van der Waals surface area (Å²) in [6.07, 6.45) is 2.70. The number of carbonyl (C=O) groups excluding carboxylic acids is 1. The molecule has 1 aromatic rings. The average molecular weight is 310 g/mol. The van der Waals surface area contributed by atoms with Crippen LogP contribution in [0.5, 0.6) is 0 Å². The van der Waals surface area contributed by atoms with Gasteiger partial charge in [0.05, 0.1) is 6.54 Å². The molecule has 1 amide bonds. The molecule has 0 aliphatic carbocycles. The van der Waals surface area contributed by atoms with Gasteiger partial charge in [-0.15, -0.1) is 11.3 Å². The second-order valence-corrected chi connectivity index (χ2v) is 6.55. The van der Waals surface area contributed by atoms with Gasteiger partial charge in [0.1, 0.15) is 0 Å². The van der Waals surface area contributed by atoms with Crippen molar-refractivity contribution in [2.45, 2.75) is 20.4 Å². The average Bonchev–Trinajstić information content (AvgIpc) is 2.81. The molecule has 1 aromatic heterocycles. The van der Waals surface area contributed by atoms with Crippen molar-refractivity contribution in [1.29, 1.82) is 0 Å². The largest absolute Gasteiger partial charge is 0.478 e. The quantitative estimate of drug-likeness (QED) is 0.721. The summed E-state index contributed by atoms with van der Waals surface area (Å²) in [6.45, 7) is 5.82. The maximum atomic E-state index is 11.7. The minimum atomic E-state index is -0.955. The first-order chi connectivity index (χ1) is 9.86. The van der Waals surface area contributed by atoms with Crippen molar-refractivity contribution in [3.8, 4) is 0 Å². The van der Waals surface area contributed by atoms with Gasteiger partial charge in [0.15, 0.2) is 0 Å². The van der Waals surface area contributed by atoms with Gasteiger partial charge in [0, 0.05) is 28.9 Å². The third kappa shape index (κ3) is 7.63. The summed E-state index contributed by atoms with van der Waals surface area (Å²) in [5.41, 5.74) is 0. The predicted molar refractivity (Wildman–Crippen MR) is 85.2 cm³/mol. The summed E-state index contributed by atoms with van der Waals surface area (Å²) in [7, 11) is 1.89. The van der Waals surface area contributed by atoms with E-state index in [1.807, 2.05) is 24.1 Å². The maximum absolute atomic E-state index is 11.7. The smallest absolute Gasteiger partial charge is 0.328 e. The Labute approximate surface area is 129 Å². The molecule has 6 heteroatoms. The zero-order valence-corrected chi connectivity index (χ0v) is 13.4. The number of nitrogens with zero attached hydrogens (tertiary/aromatic N) is 1. The van der Waals surface area contributed by atoms with Gasteiger partial charge in [0.2, 0.25) is 5.91 Å². The molecule has 116 valence electrons. The molecular formula is C15H22N2O3S. The Morgan fingerprint density at radius 1 is 1.43 bits per heavy atom. The van der Waals surface area contributed by atoms with Crippen LogP contribution < -0.4 is 5.32 Å². The zero-order chi connectivity index (χ0) is 15.8. The van der Waals surface area contributed by atoms with E-state index < -0.39 is 5.97 Å². The third-order valence-electron chi connectivity index (χ3n) is 2.62. The predicted octanol–water partition coefficient (Wildman–Crippen LogP) is 2.05. The number of aliphatic carboxylic acids is 1. The standard InChI is InChI=1S/C15H22N2O3S/c1-11(2)8-16-14(18)10-17(3)9-13-5-4-12(21-13)6-7-15(19)20/h4-7,11H,8-10H2,1-3H3,(H,16,18)(H,19,20)/b7-6+. The lowest BCUT2D eigenvalue weighted by atomic mass is 10.2. The highest BCUT2D eigenvalue weighted by atomic mass is 32.1. The van der Waals surface area contributed by atoms with Gasteiger partial charge < -0.3 is 10.4 Å². The number of hydrogen-bond acceptors (Lipinski definition) is 4.